The molecule has 0 atom stereocenters. The number of imidazole rings is 1. The van der Waals surface area contributed by atoms with Crippen molar-refractivity contribution in [1.29, 1.82) is 0 Å². The number of fused-ring (bicyclic) bond motifs is 3. The van der Waals surface area contributed by atoms with E-state index in [1.165, 1.54) is 0 Å². The fourth-order valence-electron chi connectivity index (χ4n) is 2.22. The van der Waals surface area contributed by atoms with Crippen molar-refractivity contribution in [2.45, 2.75) is 19.8 Å². The molecule has 21 heavy (non-hydrogen) atoms. The number of rotatable bonds is 4. The lowest BCUT2D eigenvalue weighted by molar-refractivity contribution is 0.0499. The summed E-state index contributed by atoms with van der Waals surface area (Å²) in [5.74, 6) is -0.294. The Balaban J connectivity index is 1.99. The van der Waals surface area contributed by atoms with Crippen molar-refractivity contribution in [2.24, 2.45) is 0 Å². The fourth-order valence-corrected chi connectivity index (χ4v) is 2.67. The van der Waals surface area contributed by atoms with Crippen LogP contribution in [0.5, 0.6) is 0 Å². The smallest absolute Gasteiger partial charge is 0.338 e. The lowest BCUT2D eigenvalue weighted by Crippen LogP contribution is -2.06. The van der Waals surface area contributed by atoms with Gasteiger partial charge in [0, 0.05) is 10.7 Å². The van der Waals surface area contributed by atoms with Gasteiger partial charge in [0.1, 0.15) is 11.2 Å². The normalized spacial score (nSPS) is 11.1. The highest BCUT2D eigenvalue weighted by Gasteiger charge is 2.11. The molecule has 0 bridgehead atoms. The number of hydrogen-bond donors (Lipinski definition) is 0. The van der Waals surface area contributed by atoms with Gasteiger partial charge in [0.25, 0.3) is 0 Å². The van der Waals surface area contributed by atoms with Crippen LogP contribution in [0.3, 0.4) is 0 Å². The maximum Gasteiger partial charge on any atom is 0.338 e. The minimum Gasteiger partial charge on any atom is -0.462 e. The minimum absolute atomic E-state index is 0.294. The van der Waals surface area contributed by atoms with Gasteiger partial charge in [-0.2, -0.15) is 0 Å². The first-order chi connectivity index (χ1) is 10.2. The number of pyridine rings is 1. The Morgan fingerprint density at radius 1 is 1.38 bits per heavy atom. The van der Waals surface area contributed by atoms with Crippen LogP contribution >= 0.6 is 15.9 Å². The van der Waals surface area contributed by atoms with Crippen LogP contribution in [-0.2, 0) is 4.74 Å². The quantitative estimate of drug-likeness (QED) is 0.525. The van der Waals surface area contributed by atoms with Crippen molar-refractivity contribution in [3.05, 3.63) is 46.6 Å². The molecule has 0 spiro atoms. The van der Waals surface area contributed by atoms with E-state index in [2.05, 4.69) is 27.8 Å². The molecule has 3 aromatic rings. The Bertz CT molecular complexity index is 810. The zero-order valence-corrected chi connectivity index (χ0v) is 13.3. The third kappa shape index (κ3) is 2.65. The molecule has 4 nitrogen and oxygen atoms in total. The Morgan fingerprint density at radius 3 is 3.05 bits per heavy atom. The summed E-state index contributed by atoms with van der Waals surface area (Å²) in [5.41, 5.74) is 3.16. The lowest BCUT2D eigenvalue weighted by atomic mass is 10.2. The summed E-state index contributed by atoms with van der Waals surface area (Å²) in [6, 6.07) is 9.45. The van der Waals surface area contributed by atoms with Gasteiger partial charge >= 0.3 is 5.97 Å². The molecule has 0 aliphatic carbocycles. The van der Waals surface area contributed by atoms with Crippen LogP contribution < -0.4 is 0 Å². The molecule has 0 unspecified atom stereocenters. The highest BCUT2D eigenvalue weighted by atomic mass is 79.9. The third-order valence-electron chi connectivity index (χ3n) is 3.35. The predicted octanol–water partition coefficient (Wildman–Crippen LogP) is 4.21. The van der Waals surface area contributed by atoms with Gasteiger partial charge in [0.2, 0.25) is 0 Å². The summed E-state index contributed by atoms with van der Waals surface area (Å²) >= 11 is 3.50. The second-order valence-electron chi connectivity index (χ2n) is 4.85. The monoisotopic (exact) mass is 346 g/mol. The largest absolute Gasteiger partial charge is 0.462 e. The van der Waals surface area contributed by atoms with E-state index in [4.69, 9.17) is 4.74 Å². The molecule has 0 saturated carbocycles. The summed E-state index contributed by atoms with van der Waals surface area (Å²) in [6.45, 7) is 2.52. The Labute approximate surface area is 130 Å². The Morgan fingerprint density at radius 2 is 2.24 bits per heavy atom. The minimum atomic E-state index is -0.294. The SMILES string of the molecule is CCCCOC(=O)c1ccn2c(c1)nc1c(Br)cccc12. The van der Waals surface area contributed by atoms with E-state index in [-0.39, 0.29) is 5.97 Å². The number of ether oxygens (including phenoxy) is 1. The molecule has 0 radical (unpaired) electrons. The number of hydrogen-bond acceptors (Lipinski definition) is 3. The first kappa shape index (κ1) is 14.1. The number of aromatic nitrogens is 2. The molecule has 0 fully saturated rings. The maximum absolute atomic E-state index is 12.0. The Kier molecular flexibility index (Phi) is 3.92. The molecule has 0 aliphatic heterocycles. The summed E-state index contributed by atoms with van der Waals surface area (Å²) in [4.78, 5) is 16.5. The number of halogens is 1. The number of para-hydroxylation sites is 1. The van der Waals surface area contributed by atoms with Crippen LogP contribution in [0.15, 0.2) is 41.0 Å². The molecule has 108 valence electrons. The zero-order valence-electron chi connectivity index (χ0n) is 11.7. The van der Waals surface area contributed by atoms with Crippen LogP contribution in [-0.4, -0.2) is 22.0 Å². The topological polar surface area (TPSA) is 43.6 Å². The second-order valence-corrected chi connectivity index (χ2v) is 5.71. The predicted molar refractivity (Wildman–Crippen MR) is 85.6 cm³/mol. The second kappa shape index (κ2) is 5.85. The van der Waals surface area contributed by atoms with Crippen LogP contribution in [0.25, 0.3) is 16.7 Å². The molecule has 5 heteroatoms. The number of carbonyl (C=O) groups is 1. The van der Waals surface area contributed by atoms with Gasteiger partial charge in [-0.25, -0.2) is 9.78 Å². The molecule has 0 amide bonds. The van der Waals surface area contributed by atoms with E-state index >= 15 is 0 Å². The molecule has 2 heterocycles. The number of esters is 1. The van der Waals surface area contributed by atoms with Crippen molar-refractivity contribution in [2.75, 3.05) is 6.61 Å². The molecule has 0 saturated heterocycles. The highest BCUT2D eigenvalue weighted by molar-refractivity contribution is 9.10. The Hall–Kier alpha value is -1.88. The van der Waals surface area contributed by atoms with Crippen LogP contribution in [0, 0.1) is 0 Å². The number of unbranched alkanes of at least 4 members (excludes halogenated alkanes) is 1. The van der Waals surface area contributed by atoms with Gasteiger partial charge in [-0.1, -0.05) is 19.4 Å². The van der Waals surface area contributed by atoms with Crippen molar-refractivity contribution in [3.8, 4) is 0 Å². The molecular weight excluding hydrogens is 332 g/mol. The number of nitrogens with zero attached hydrogens (tertiary/aromatic N) is 2. The van der Waals surface area contributed by atoms with Gasteiger partial charge in [0.05, 0.1) is 17.7 Å². The molecule has 3 rings (SSSR count). The third-order valence-corrected chi connectivity index (χ3v) is 3.99. The van der Waals surface area contributed by atoms with Crippen molar-refractivity contribution >= 4 is 38.6 Å². The first-order valence-corrected chi connectivity index (χ1v) is 7.73. The fraction of sp³-hybridized carbons (Fsp3) is 0.250. The van der Waals surface area contributed by atoms with E-state index < -0.39 is 0 Å². The van der Waals surface area contributed by atoms with E-state index in [0.29, 0.717) is 12.2 Å². The molecule has 0 aliphatic rings. The van der Waals surface area contributed by atoms with Gasteiger partial charge in [-0.05, 0) is 46.6 Å². The summed E-state index contributed by atoms with van der Waals surface area (Å²) in [7, 11) is 0. The summed E-state index contributed by atoms with van der Waals surface area (Å²) < 4.78 is 8.13. The van der Waals surface area contributed by atoms with E-state index in [1.54, 1.807) is 12.1 Å². The van der Waals surface area contributed by atoms with Crippen molar-refractivity contribution in [3.63, 3.8) is 0 Å². The first-order valence-electron chi connectivity index (χ1n) is 6.94. The van der Waals surface area contributed by atoms with Crippen LogP contribution in [0.4, 0.5) is 0 Å². The number of benzene rings is 1. The highest BCUT2D eigenvalue weighted by Crippen LogP contribution is 2.24. The van der Waals surface area contributed by atoms with Crippen molar-refractivity contribution < 1.29 is 9.53 Å². The van der Waals surface area contributed by atoms with E-state index in [0.717, 1.165) is 34.0 Å². The lowest BCUT2D eigenvalue weighted by Gasteiger charge is -2.04. The summed E-state index contributed by atoms with van der Waals surface area (Å²) in [6.07, 6.45) is 3.74. The van der Waals surface area contributed by atoms with E-state index in [9.17, 15) is 4.79 Å². The molecule has 2 aromatic heterocycles. The molecule has 1 aromatic carbocycles. The van der Waals surface area contributed by atoms with E-state index in [1.807, 2.05) is 28.8 Å². The number of carbonyl (C=O) groups excluding carboxylic acids is 1. The molecule has 0 N–H and O–H groups in total. The zero-order chi connectivity index (χ0) is 14.8. The summed E-state index contributed by atoms with van der Waals surface area (Å²) in [5, 5.41) is 0. The average molecular weight is 347 g/mol. The average Bonchev–Trinajstić information content (AvgIpc) is 2.87. The van der Waals surface area contributed by atoms with Crippen LogP contribution in [0.2, 0.25) is 0 Å². The van der Waals surface area contributed by atoms with Gasteiger partial charge in [0.15, 0.2) is 0 Å². The van der Waals surface area contributed by atoms with Crippen LogP contribution in [0.1, 0.15) is 30.1 Å². The van der Waals surface area contributed by atoms with Gasteiger partial charge < -0.3 is 4.74 Å². The molecular formula is C16H15BrN2O2. The van der Waals surface area contributed by atoms with Gasteiger partial charge in [-0.3, -0.25) is 4.40 Å². The maximum atomic E-state index is 12.0. The van der Waals surface area contributed by atoms with Crippen molar-refractivity contribution in [1.82, 2.24) is 9.38 Å². The van der Waals surface area contributed by atoms with Gasteiger partial charge in [-0.15, -0.1) is 0 Å². The standard InChI is InChI=1S/C16H15BrN2O2/c1-2-3-9-21-16(20)11-7-8-19-13-6-4-5-12(17)15(13)18-14(19)10-11/h4-8,10H,2-3,9H2,1H3.